The third-order valence-electron chi connectivity index (χ3n) is 2.99. The molecule has 1 atom stereocenters. The smallest absolute Gasteiger partial charge is 0.133 e. The van der Waals surface area contributed by atoms with Crippen LogP contribution in [-0.4, -0.2) is 66.8 Å². The van der Waals surface area contributed by atoms with Crippen molar-refractivity contribution in [3.8, 4) is 0 Å². The number of hydrogen-bond acceptors (Lipinski definition) is 5. The standard InChI is InChI=1S/C6H16NO2.C6H8O3/c1-7(2,3-5-8)4-6-9;7-5-2-1-4(3-5)6(8)9/h8-9H,3-6H2,1-2H3;4H,1-3H2,(H,8,9)/q+1;/p-1. The van der Waals surface area contributed by atoms with Gasteiger partial charge in [-0.15, -0.1) is 0 Å². The monoisotopic (exact) mass is 261 g/mol. The summed E-state index contributed by atoms with van der Waals surface area (Å²) in [6, 6.07) is 0. The van der Waals surface area contributed by atoms with Crippen LogP contribution in [0.25, 0.3) is 0 Å². The number of rotatable bonds is 5. The molecular weight excluding hydrogens is 238 g/mol. The Kier molecular flexibility index (Phi) is 7.73. The second-order valence-electron chi connectivity index (χ2n) is 5.13. The predicted octanol–water partition coefficient (Wildman–Crippen LogP) is -1.85. The fourth-order valence-electron chi connectivity index (χ4n) is 1.67. The molecule has 0 aliphatic heterocycles. The van der Waals surface area contributed by atoms with E-state index in [1.54, 1.807) is 0 Å². The van der Waals surface area contributed by atoms with E-state index >= 15 is 0 Å². The maximum Gasteiger partial charge on any atom is 0.133 e. The molecule has 1 saturated carbocycles. The fraction of sp³-hybridized carbons (Fsp3) is 0.833. The van der Waals surface area contributed by atoms with Gasteiger partial charge in [-0.2, -0.15) is 0 Å². The molecule has 1 unspecified atom stereocenters. The number of aliphatic hydroxyl groups excluding tert-OH is 2. The molecule has 106 valence electrons. The van der Waals surface area contributed by atoms with Crippen LogP contribution in [0.4, 0.5) is 0 Å². The van der Waals surface area contributed by atoms with Gasteiger partial charge in [0.25, 0.3) is 0 Å². The first-order valence-electron chi connectivity index (χ1n) is 6.08. The van der Waals surface area contributed by atoms with Crippen molar-refractivity contribution in [2.24, 2.45) is 5.92 Å². The summed E-state index contributed by atoms with van der Waals surface area (Å²) in [5.41, 5.74) is 0. The lowest BCUT2D eigenvalue weighted by molar-refractivity contribution is -0.890. The number of aliphatic hydroxyl groups is 2. The summed E-state index contributed by atoms with van der Waals surface area (Å²) < 4.78 is 0.688. The number of hydrogen-bond donors (Lipinski definition) is 2. The first-order chi connectivity index (χ1) is 8.32. The minimum atomic E-state index is -1.08. The van der Waals surface area contributed by atoms with Crippen molar-refractivity contribution in [3.05, 3.63) is 0 Å². The van der Waals surface area contributed by atoms with Crippen LogP contribution in [0.5, 0.6) is 0 Å². The second-order valence-corrected chi connectivity index (χ2v) is 5.13. The molecule has 0 bridgehead atoms. The summed E-state index contributed by atoms with van der Waals surface area (Å²) >= 11 is 0. The van der Waals surface area contributed by atoms with Crippen molar-refractivity contribution in [1.82, 2.24) is 0 Å². The van der Waals surface area contributed by atoms with Crippen LogP contribution in [0.3, 0.4) is 0 Å². The van der Waals surface area contributed by atoms with E-state index in [9.17, 15) is 14.7 Å². The van der Waals surface area contributed by atoms with Crippen molar-refractivity contribution in [3.63, 3.8) is 0 Å². The van der Waals surface area contributed by atoms with Gasteiger partial charge in [0.1, 0.15) is 18.9 Å². The highest BCUT2D eigenvalue weighted by Gasteiger charge is 2.22. The average Bonchev–Trinajstić information content (AvgIpc) is 2.65. The zero-order chi connectivity index (χ0) is 14.2. The van der Waals surface area contributed by atoms with Crippen LogP contribution >= 0.6 is 0 Å². The molecule has 18 heavy (non-hydrogen) atoms. The highest BCUT2D eigenvalue weighted by molar-refractivity contribution is 5.86. The number of aliphatic carboxylic acids is 1. The second kappa shape index (κ2) is 8.18. The Morgan fingerprint density at radius 2 is 1.83 bits per heavy atom. The van der Waals surface area contributed by atoms with Crippen molar-refractivity contribution < 1.29 is 29.4 Å². The summed E-state index contributed by atoms with van der Waals surface area (Å²) in [6.07, 6.45) is 1.07. The number of Topliss-reactive ketones (excluding diaryl/α,β-unsaturated/α-hetero) is 1. The molecule has 6 heteroatoms. The van der Waals surface area contributed by atoms with E-state index in [2.05, 4.69) is 0 Å². The quantitative estimate of drug-likeness (QED) is 0.566. The van der Waals surface area contributed by atoms with Gasteiger partial charge < -0.3 is 24.6 Å². The molecule has 0 aromatic rings. The van der Waals surface area contributed by atoms with E-state index in [4.69, 9.17) is 10.2 Å². The molecule has 2 N–H and O–H groups in total. The van der Waals surface area contributed by atoms with Crippen LogP contribution in [0.15, 0.2) is 0 Å². The zero-order valence-electron chi connectivity index (χ0n) is 11.1. The lowest BCUT2D eigenvalue weighted by Crippen LogP contribution is -2.43. The molecule has 1 aliphatic rings. The molecule has 0 amide bonds. The normalized spacial score (nSPS) is 19.3. The largest absolute Gasteiger partial charge is 0.550 e. The lowest BCUT2D eigenvalue weighted by Gasteiger charge is -2.27. The van der Waals surface area contributed by atoms with Gasteiger partial charge in [0.05, 0.1) is 27.3 Å². The summed E-state index contributed by atoms with van der Waals surface area (Å²) in [6.45, 7) is 1.79. The summed E-state index contributed by atoms with van der Waals surface area (Å²) in [5.74, 6) is -1.54. The Balaban J connectivity index is 0.000000321. The Labute approximate surface area is 107 Å². The van der Waals surface area contributed by atoms with Crippen molar-refractivity contribution in [2.75, 3.05) is 40.4 Å². The van der Waals surface area contributed by atoms with E-state index < -0.39 is 11.9 Å². The summed E-state index contributed by atoms with van der Waals surface area (Å²) in [5, 5.41) is 27.1. The molecule has 6 nitrogen and oxygen atoms in total. The molecule has 0 aromatic carbocycles. The molecular formula is C12H23NO5. The van der Waals surface area contributed by atoms with Crippen LogP contribution in [0, 0.1) is 5.92 Å². The highest BCUT2D eigenvalue weighted by Crippen LogP contribution is 2.20. The summed E-state index contributed by atoms with van der Waals surface area (Å²) in [4.78, 5) is 20.6. The van der Waals surface area contributed by atoms with E-state index in [1.807, 2.05) is 14.1 Å². The van der Waals surface area contributed by atoms with Gasteiger partial charge in [0, 0.05) is 24.7 Å². The van der Waals surface area contributed by atoms with Gasteiger partial charge >= 0.3 is 0 Å². The van der Waals surface area contributed by atoms with Crippen LogP contribution in [0.2, 0.25) is 0 Å². The predicted molar refractivity (Wildman–Crippen MR) is 63.4 cm³/mol. The SMILES string of the molecule is C[N+](C)(CCO)CCO.O=C1CCC(C(=O)[O-])C1. The van der Waals surface area contributed by atoms with Gasteiger partial charge in [0.2, 0.25) is 0 Å². The minimum Gasteiger partial charge on any atom is -0.550 e. The van der Waals surface area contributed by atoms with Gasteiger partial charge in [-0.25, -0.2) is 0 Å². The number of carboxylic acids is 1. The molecule has 1 fully saturated rings. The zero-order valence-corrected chi connectivity index (χ0v) is 11.1. The van der Waals surface area contributed by atoms with Gasteiger partial charge in [-0.1, -0.05) is 0 Å². The maximum atomic E-state index is 10.5. The first-order valence-corrected chi connectivity index (χ1v) is 6.08. The van der Waals surface area contributed by atoms with Crippen molar-refractivity contribution >= 4 is 11.8 Å². The molecule has 0 spiro atoms. The third-order valence-corrected chi connectivity index (χ3v) is 2.99. The van der Waals surface area contributed by atoms with Gasteiger partial charge in [-0.3, -0.25) is 4.79 Å². The number of carboxylic acid groups (broad SMARTS) is 1. The number of nitrogens with zero attached hydrogens (tertiary/aromatic N) is 1. The lowest BCUT2D eigenvalue weighted by atomic mass is 10.1. The minimum absolute atomic E-state index is 0.0456. The first kappa shape index (κ1) is 17.0. The number of carbonyl (C=O) groups is 2. The highest BCUT2D eigenvalue weighted by atomic mass is 16.4. The van der Waals surface area contributed by atoms with E-state index in [-0.39, 0.29) is 25.4 Å². The van der Waals surface area contributed by atoms with Gasteiger partial charge in [-0.05, 0) is 6.42 Å². The van der Waals surface area contributed by atoms with Gasteiger partial charge in [0.15, 0.2) is 0 Å². The molecule has 0 radical (unpaired) electrons. The number of carbonyl (C=O) groups excluding carboxylic acids is 2. The number of likely N-dealkylation sites (N-methyl/N-ethyl adjacent to an activating group) is 1. The Morgan fingerprint density at radius 3 is 2.06 bits per heavy atom. The van der Waals surface area contributed by atoms with Crippen molar-refractivity contribution in [2.45, 2.75) is 19.3 Å². The third kappa shape index (κ3) is 7.37. The molecule has 1 aliphatic carbocycles. The fourth-order valence-corrected chi connectivity index (χ4v) is 1.67. The van der Waals surface area contributed by atoms with Crippen LogP contribution in [-0.2, 0) is 9.59 Å². The number of ketones is 1. The van der Waals surface area contributed by atoms with Crippen molar-refractivity contribution in [1.29, 1.82) is 0 Å². The van der Waals surface area contributed by atoms with Crippen LogP contribution < -0.4 is 5.11 Å². The summed E-state index contributed by atoms with van der Waals surface area (Å²) in [7, 11) is 3.96. The maximum absolute atomic E-state index is 10.5. The van der Waals surface area contributed by atoms with E-state index in [1.165, 1.54) is 0 Å². The molecule has 1 rings (SSSR count). The average molecular weight is 261 g/mol. The van der Waals surface area contributed by atoms with E-state index in [0.717, 1.165) is 0 Å². The Morgan fingerprint density at radius 1 is 1.33 bits per heavy atom. The molecule has 0 saturated heterocycles. The Bertz CT molecular complexity index is 270. The molecule has 0 aromatic heterocycles. The number of quaternary nitrogens is 1. The molecule has 0 heterocycles. The van der Waals surface area contributed by atoms with E-state index in [0.29, 0.717) is 30.4 Å². The van der Waals surface area contributed by atoms with Crippen LogP contribution in [0.1, 0.15) is 19.3 Å². The topological polar surface area (TPSA) is 97.7 Å². The Hall–Kier alpha value is -0.980.